The molecule has 1 heterocycles. The molecule has 2 heteroatoms. The number of rotatable bonds is 3. The number of hydrogen-bond acceptors (Lipinski definition) is 2. The third kappa shape index (κ3) is 2.28. The Morgan fingerprint density at radius 3 is 2.62 bits per heavy atom. The van der Waals surface area contributed by atoms with E-state index < -0.39 is 0 Å². The molecule has 0 aromatic heterocycles. The van der Waals surface area contributed by atoms with E-state index in [9.17, 15) is 0 Å². The number of hydrogen-bond donors (Lipinski definition) is 1. The van der Waals surface area contributed by atoms with Crippen LogP contribution in [0.2, 0.25) is 0 Å². The standard InChI is InChI=1S/C14H22N2/c1-14(2,11-15-3)16-9-8-12-6-4-5-7-13(12)10-16/h4-7,15H,8-11H2,1-3H3. The number of fused-ring (bicyclic) bond motifs is 1. The van der Waals surface area contributed by atoms with E-state index in [2.05, 4.69) is 48.3 Å². The SMILES string of the molecule is CNCC(C)(C)N1CCc2ccccc2C1. The number of nitrogens with zero attached hydrogens (tertiary/aromatic N) is 1. The quantitative estimate of drug-likeness (QED) is 0.835. The van der Waals surface area contributed by atoms with Gasteiger partial charge >= 0.3 is 0 Å². The molecule has 1 aromatic carbocycles. The van der Waals surface area contributed by atoms with Crippen LogP contribution in [0.1, 0.15) is 25.0 Å². The van der Waals surface area contributed by atoms with Crippen LogP contribution in [0, 0.1) is 0 Å². The lowest BCUT2D eigenvalue weighted by molar-refractivity contribution is 0.105. The second kappa shape index (κ2) is 4.56. The molecule has 0 unspecified atom stereocenters. The predicted octanol–water partition coefficient (Wildman–Crippen LogP) is 2.04. The van der Waals surface area contributed by atoms with Crippen molar-refractivity contribution >= 4 is 0 Å². The highest BCUT2D eigenvalue weighted by molar-refractivity contribution is 5.29. The van der Waals surface area contributed by atoms with Crippen molar-refractivity contribution in [3.05, 3.63) is 35.4 Å². The fourth-order valence-corrected chi connectivity index (χ4v) is 2.56. The van der Waals surface area contributed by atoms with Crippen LogP contribution in [0.5, 0.6) is 0 Å². The third-order valence-corrected chi connectivity index (χ3v) is 3.60. The van der Waals surface area contributed by atoms with Gasteiger partial charge in [-0.15, -0.1) is 0 Å². The second-order valence-corrected chi connectivity index (χ2v) is 5.28. The smallest absolute Gasteiger partial charge is 0.0281 e. The maximum atomic E-state index is 3.29. The lowest BCUT2D eigenvalue weighted by atomic mass is 9.94. The van der Waals surface area contributed by atoms with Gasteiger partial charge in [0.05, 0.1) is 0 Å². The second-order valence-electron chi connectivity index (χ2n) is 5.28. The zero-order valence-corrected chi connectivity index (χ0v) is 10.6. The summed E-state index contributed by atoms with van der Waals surface area (Å²) >= 11 is 0. The topological polar surface area (TPSA) is 15.3 Å². The van der Waals surface area contributed by atoms with E-state index >= 15 is 0 Å². The summed E-state index contributed by atoms with van der Waals surface area (Å²) in [5.41, 5.74) is 3.26. The molecule has 0 atom stereocenters. The van der Waals surface area contributed by atoms with E-state index in [0.717, 1.165) is 13.1 Å². The molecule has 2 rings (SSSR count). The molecule has 1 aliphatic rings. The van der Waals surface area contributed by atoms with Crippen molar-refractivity contribution in [3.63, 3.8) is 0 Å². The third-order valence-electron chi connectivity index (χ3n) is 3.60. The Balaban J connectivity index is 2.13. The van der Waals surface area contributed by atoms with E-state index in [1.807, 2.05) is 7.05 Å². The molecule has 0 amide bonds. The summed E-state index contributed by atoms with van der Waals surface area (Å²) in [6.07, 6.45) is 1.18. The lowest BCUT2D eigenvalue weighted by Crippen LogP contribution is -2.51. The highest BCUT2D eigenvalue weighted by Gasteiger charge is 2.28. The summed E-state index contributed by atoms with van der Waals surface area (Å²) in [6, 6.07) is 8.81. The first-order valence-electron chi connectivity index (χ1n) is 6.10. The van der Waals surface area contributed by atoms with Crippen molar-refractivity contribution in [2.45, 2.75) is 32.4 Å². The summed E-state index contributed by atoms with van der Waals surface area (Å²) in [5, 5.41) is 3.29. The molecule has 88 valence electrons. The molecule has 1 N–H and O–H groups in total. The Morgan fingerprint density at radius 2 is 1.94 bits per heavy atom. The fourth-order valence-electron chi connectivity index (χ4n) is 2.56. The van der Waals surface area contributed by atoms with Gasteiger partial charge < -0.3 is 5.32 Å². The summed E-state index contributed by atoms with van der Waals surface area (Å²) in [7, 11) is 2.03. The summed E-state index contributed by atoms with van der Waals surface area (Å²) in [4.78, 5) is 2.58. The van der Waals surface area contributed by atoms with Gasteiger partial charge in [-0.2, -0.15) is 0 Å². The molecule has 0 spiro atoms. The highest BCUT2D eigenvalue weighted by atomic mass is 15.2. The van der Waals surface area contributed by atoms with E-state index in [0.29, 0.717) is 0 Å². The van der Waals surface area contributed by atoms with Crippen LogP contribution in [-0.2, 0) is 13.0 Å². The first-order valence-corrected chi connectivity index (χ1v) is 6.10. The zero-order valence-electron chi connectivity index (χ0n) is 10.6. The normalized spacial score (nSPS) is 17.2. The van der Waals surface area contributed by atoms with Crippen molar-refractivity contribution in [2.75, 3.05) is 20.1 Å². The average Bonchev–Trinajstić information content (AvgIpc) is 2.28. The van der Waals surface area contributed by atoms with Gasteiger partial charge in [0, 0.05) is 25.2 Å². The van der Waals surface area contributed by atoms with Crippen LogP contribution in [0.15, 0.2) is 24.3 Å². The molecule has 1 aliphatic heterocycles. The average molecular weight is 218 g/mol. The fraction of sp³-hybridized carbons (Fsp3) is 0.571. The largest absolute Gasteiger partial charge is 0.318 e. The molecule has 2 nitrogen and oxygen atoms in total. The van der Waals surface area contributed by atoms with Gasteiger partial charge in [-0.1, -0.05) is 24.3 Å². The maximum Gasteiger partial charge on any atom is 0.0281 e. The summed E-state index contributed by atoms with van der Waals surface area (Å²) in [5.74, 6) is 0. The Bertz CT molecular complexity index is 358. The molecule has 0 fully saturated rings. The highest BCUT2D eigenvalue weighted by Crippen LogP contribution is 2.24. The predicted molar refractivity (Wildman–Crippen MR) is 68.6 cm³/mol. The summed E-state index contributed by atoms with van der Waals surface area (Å²) < 4.78 is 0. The van der Waals surface area contributed by atoms with Gasteiger partial charge in [-0.3, -0.25) is 4.90 Å². The molecular formula is C14H22N2. The van der Waals surface area contributed by atoms with E-state index in [4.69, 9.17) is 0 Å². The van der Waals surface area contributed by atoms with Gasteiger partial charge in [-0.05, 0) is 38.4 Å². The van der Waals surface area contributed by atoms with Crippen molar-refractivity contribution in [2.24, 2.45) is 0 Å². The maximum absolute atomic E-state index is 3.29. The lowest BCUT2D eigenvalue weighted by Gasteiger charge is -2.41. The van der Waals surface area contributed by atoms with Gasteiger partial charge in [0.15, 0.2) is 0 Å². The molecule has 0 saturated carbocycles. The molecule has 0 radical (unpaired) electrons. The van der Waals surface area contributed by atoms with Crippen molar-refractivity contribution in [3.8, 4) is 0 Å². The van der Waals surface area contributed by atoms with E-state index in [1.165, 1.54) is 24.1 Å². The Labute approximate surface area is 98.7 Å². The number of likely N-dealkylation sites (N-methyl/N-ethyl adjacent to an activating group) is 1. The number of benzene rings is 1. The Kier molecular flexibility index (Phi) is 3.31. The molecule has 0 bridgehead atoms. The van der Waals surface area contributed by atoms with E-state index in [1.54, 1.807) is 0 Å². The molecule has 0 aliphatic carbocycles. The van der Waals surface area contributed by atoms with Crippen LogP contribution in [0.4, 0.5) is 0 Å². The molecule has 1 aromatic rings. The van der Waals surface area contributed by atoms with Crippen LogP contribution in [0.25, 0.3) is 0 Å². The first-order chi connectivity index (χ1) is 7.63. The van der Waals surface area contributed by atoms with Crippen molar-refractivity contribution in [1.29, 1.82) is 0 Å². The van der Waals surface area contributed by atoms with Gasteiger partial charge in [0.2, 0.25) is 0 Å². The number of nitrogens with one attached hydrogen (secondary N) is 1. The van der Waals surface area contributed by atoms with Gasteiger partial charge in [0.25, 0.3) is 0 Å². The van der Waals surface area contributed by atoms with Crippen molar-refractivity contribution < 1.29 is 0 Å². The monoisotopic (exact) mass is 218 g/mol. The Hall–Kier alpha value is -0.860. The van der Waals surface area contributed by atoms with Gasteiger partial charge in [-0.25, -0.2) is 0 Å². The van der Waals surface area contributed by atoms with Crippen LogP contribution in [-0.4, -0.2) is 30.6 Å². The van der Waals surface area contributed by atoms with Crippen LogP contribution < -0.4 is 5.32 Å². The molecule has 16 heavy (non-hydrogen) atoms. The van der Waals surface area contributed by atoms with Gasteiger partial charge in [0.1, 0.15) is 0 Å². The molecular weight excluding hydrogens is 196 g/mol. The van der Waals surface area contributed by atoms with Crippen LogP contribution >= 0.6 is 0 Å². The van der Waals surface area contributed by atoms with Crippen molar-refractivity contribution in [1.82, 2.24) is 10.2 Å². The van der Waals surface area contributed by atoms with E-state index in [-0.39, 0.29) is 5.54 Å². The Morgan fingerprint density at radius 1 is 1.25 bits per heavy atom. The minimum absolute atomic E-state index is 0.238. The minimum atomic E-state index is 0.238. The molecule has 0 saturated heterocycles. The first kappa shape index (κ1) is 11.6. The van der Waals surface area contributed by atoms with Crippen LogP contribution in [0.3, 0.4) is 0 Å². The minimum Gasteiger partial charge on any atom is -0.318 e. The summed E-state index contributed by atoms with van der Waals surface area (Å²) in [6.45, 7) is 7.93. The zero-order chi connectivity index (χ0) is 11.6.